The number of nitrogens with zero attached hydrogens (tertiary/aromatic N) is 2. The average molecular weight is 262 g/mol. The third-order valence-corrected chi connectivity index (χ3v) is 3.30. The van der Waals surface area contributed by atoms with Crippen LogP contribution in [0.15, 0.2) is 24.3 Å². The number of imide groups is 1. The third-order valence-electron chi connectivity index (χ3n) is 3.30. The Bertz CT molecular complexity index is 469. The van der Waals surface area contributed by atoms with Crippen molar-refractivity contribution in [2.24, 2.45) is 0 Å². The van der Waals surface area contributed by atoms with Crippen molar-refractivity contribution < 1.29 is 14.7 Å². The highest BCUT2D eigenvalue weighted by molar-refractivity contribution is 6.02. The Morgan fingerprint density at radius 2 is 1.89 bits per heavy atom. The van der Waals surface area contributed by atoms with Crippen molar-refractivity contribution in [2.45, 2.75) is 12.8 Å². The Labute approximate surface area is 112 Å². The van der Waals surface area contributed by atoms with Crippen molar-refractivity contribution in [3.05, 3.63) is 29.8 Å². The molecule has 0 saturated carbocycles. The number of benzene rings is 1. The molecule has 2 amide bonds. The van der Waals surface area contributed by atoms with E-state index in [0.29, 0.717) is 6.42 Å². The number of amides is 2. The molecule has 0 aliphatic carbocycles. The van der Waals surface area contributed by atoms with Gasteiger partial charge in [-0.15, -0.1) is 0 Å². The second kappa shape index (κ2) is 5.84. The highest BCUT2D eigenvalue weighted by Gasteiger charge is 2.28. The average Bonchev–Trinajstić information content (AvgIpc) is 2.42. The molecule has 0 bridgehead atoms. The molecule has 0 aromatic heterocycles. The van der Waals surface area contributed by atoms with Gasteiger partial charge in [0.1, 0.15) is 0 Å². The fourth-order valence-electron chi connectivity index (χ4n) is 2.11. The summed E-state index contributed by atoms with van der Waals surface area (Å²) in [4.78, 5) is 26.3. The number of aryl methyl sites for hydroxylation is 1. The third kappa shape index (κ3) is 3.12. The molecule has 1 aromatic rings. The van der Waals surface area contributed by atoms with Crippen molar-refractivity contribution in [3.63, 3.8) is 0 Å². The zero-order chi connectivity index (χ0) is 13.8. The number of hydrogen-bond acceptors (Lipinski definition) is 4. The minimum atomic E-state index is -0.183. The maximum atomic E-state index is 11.7. The zero-order valence-corrected chi connectivity index (χ0v) is 11.0. The van der Waals surface area contributed by atoms with Crippen molar-refractivity contribution in [3.8, 4) is 0 Å². The Kier molecular flexibility index (Phi) is 4.16. The summed E-state index contributed by atoms with van der Waals surface area (Å²) in [6.45, 7) is 0.618. The van der Waals surface area contributed by atoms with Crippen LogP contribution in [0.3, 0.4) is 0 Å². The lowest BCUT2D eigenvalue weighted by Gasteiger charge is -2.32. The molecular weight excluding hydrogens is 244 g/mol. The zero-order valence-electron chi connectivity index (χ0n) is 11.0. The Morgan fingerprint density at radius 1 is 1.21 bits per heavy atom. The first-order valence-electron chi connectivity index (χ1n) is 6.36. The van der Waals surface area contributed by atoms with E-state index in [1.165, 1.54) is 11.9 Å². The molecule has 1 heterocycles. The maximum Gasteiger partial charge on any atom is 0.248 e. The molecule has 1 N–H and O–H groups in total. The lowest BCUT2D eigenvalue weighted by atomic mass is 10.1. The number of carbonyl (C=O) groups is 2. The van der Waals surface area contributed by atoms with E-state index in [9.17, 15) is 9.59 Å². The van der Waals surface area contributed by atoms with Gasteiger partial charge in [0.05, 0.1) is 13.1 Å². The molecule has 0 unspecified atom stereocenters. The Morgan fingerprint density at radius 3 is 2.53 bits per heavy atom. The van der Waals surface area contributed by atoms with Crippen molar-refractivity contribution in [2.75, 3.05) is 31.6 Å². The van der Waals surface area contributed by atoms with Crippen LogP contribution in [0.1, 0.15) is 12.0 Å². The van der Waals surface area contributed by atoms with Crippen LogP contribution < -0.4 is 4.90 Å². The van der Waals surface area contributed by atoms with E-state index in [4.69, 9.17) is 5.11 Å². The molecule has 1 aliphatic heterocycles. The first-order chi connectivity index (χ1) is 9.11. The SMILES string of the molecule is CN1C(=O)CN(c2cccc(CCCO)c2)CC1=O. The summed E-state index contributed by atoms with van der Waals surface area (Å²) < 4.78 is 0. The molecule has 1 saturated heterocycles. The lowest BCUT2D eigenvalue weighted by Crippen LogP contribution is -2.52. The summed E-state index contributed by atoms with van der Waals surface area (Å²) in [6, 6.07) is 7.77. The largest absolute Gasteiger partial charge is 0.396 e. The van der Waals surface area contributed by atoms with Crippen LogP contribution in [-0.4, -0.2) is 48.6 Å². The summed E-state index contributed by atoms with van der Waals surface area (Å²) in [6.07, 6.45) is 1.50. The van der Waals surface area contributed by atoms with Crippen LogP contribution in [0.25, 0.3) is 0 Å². The number of likely N-dealkylation sites (N-methyl/N-ethyl adjacent to an activating group) is 1. The van der Waals surface area contributed by atoms with Crippen molar-refractivity contribution in [1.29, 1.82) is 0 Å². The monoisotopic (exact) mass is 262 g/mol. The number of carbonyl (C=O) groups excluding carboxylic acids is 2. The summed E-state index contributed by atoms with van der Waals surface area (Å²) in [5.74, 6) is -0.367. The van der Waals surface area contributed by atoms with E-state index >= 15 is 0 Å². The fourth-order valence-corrected chi connectivity index (χ4v) is 2.11. The number of rotatable bonds is 4. The summed E-state index contributed by atoms with van der Waals surface area (Å²) >= 11 is 0. The Balaban J connectivity index is 2.13. The molecule has 19 heavy (non-hydrogen) atoms. The second-order valence-electron chi connectivity index (χ2n) is 4.70. The topological polar surface area (TPSA) is 60.9 Å². The molecule has 1 aromatic carbocycles. The molecule has 1 fully saturated rings. The number of aliphatic hydroxyl groups excluding tert-OH is 1. The minimum absolute atomic E-state index is 0.162. The van der Waals surface area contributed by atoms with E-state index in [0.717, 1.165) is 17.7 Å². The second-order valence-corrected chi connectivity index (χ2v) is 4.70. The quantitative estimate of drug-likeness (QED) is 0.799. The highest BCUT2D eigenvalue weighted by Crippen LogP contribution is 2.19. The van der Waals surface area contributed by atoms with Gasteiger partial charge in [0.25, 0.3) is 0 Å². The maximum absolute atomic E-state index is 11.7. The molecule has 5 nitrogen and oxygen atoms in total. The molecule has 5 heteroatoms. The van der Waals surface area contributed by atoms with Gasteiger partial charge in [-0.1, -0.05) is 12.1 Å². The molecule has 0 spiro atoms. The van der Waals surface area contributed by atoms with E-state index in [2.05, 4.69) is 0 Å². The predicted octanol–water partition coefficient (Wildman–Crippen LogP) is 0.416. The summed E-state index contributed by atoms with van der Waals surface area (Å²) in [5, 5.41) is 8.84. The first kappa shape index (κ1) is 13.5. The fraction of sp³-hybridized carbons (Fsp3) is 0.429. The van der Waals surface area contributed by atoms with Crippen molar-refractivity contribution in [1.82, 2.24) is 4.90 Å². The molecule has 102 valence electrons. The van der Waals surface area contributed by atoms with Gasteiger partial charge in [-0.05, 0) is 30.5 Å². The van der Waals surface area contributed by atoms with Gasteiger partial charge in [0, 0.05) is 19.3 Å². The van der Waals surface area contributed by atoms with Gasteiger partial charge >= 0.3 is 0 Å². The highest BCUT2D eigenvalue weighted by atomic mass is 16.3. The van der Waals surface area contributed by atoms with Gasteiger partial charge < -0.3 is 10.0 Å². The van der Waals surface area contributed by atoms with Gasteiger partial charge in [0.2, 0.25) is 11.8 Å². The standard InChI is InChI=1S/C14H18N2O3/c1-15-13(18)9-16(10-14(15)19)12-6-2-4-11(8-12)5-3-7-17/h2,4,6,8,17H,3,5,7,9-10H2,1H3. The van der Waals surface area contributed by atoms with Crippen LogP contribution in [0.4, 0.5) is 5.69 Å². The van der Waals surface area contributed by atoms with Gasteiger partial charge in [-0.25, -0.2) is 0 Å². The van der Waals surface area contributed by atoms with Gasteiger partial charge in [-0.3, -0.25) is 14.5 Å². The number of aliphatic hydroxyl groups is 1. The smallest absolute Gasteiger partial charge is 0.248 e. The van der Waals surface area contributed by atoms with Crippen LogP contribution in [0, 0.1) is 0 Å². The first-order valence-corrected chi connectivity index (χ1v) is 6.36. The number of piperazine rings is 1. The minimum Gasteiger partial charge on any atom is -0.396 e. The van der Waals surface area contributed by atoms with Crippen LogP contribution in [0.5, 0.6) is 0 Å². The number of hydrogen-bond donors (Lipinski definition) is 1. The molecule has 1 aliphatic rings. The summed E-state index contributed by atoms with van der Waals surface area (Å²) in [5.41, 5.74) is 1.98. The van der Waals surface area contributed by atoms with E-state index < -0.39 is 0 Å². The molecule has 0 radical (unpaired) electrons. The van der Waals surface area contributed by atoms with Gasteiger partial charge in [0.15, 0.2) is 0 Å². The molecular formula is C14H18N2O3. The molecule has 2 rings (SSSR count). The predicted molar refractivity (Wildman–Crippen MR) is 71.8 cm³/mol. The molecule has 0 atom stereocenters. The van der Waals surface area contributed by atoms with Crippen LogP contribution in [-0.2, 0) is 16.0 Å². The normalized spacial score (nSPS) is 16.1. The Hall–Kier alpha value is -1.88. The van der Waals surface area contributed by atoms with E-state index in [-0.39, 0.29) is 31.5 Å². The van der Waals surface area contributed by atoms with Gasteiger partial charge in [-0.2, -0.15) is 0 Å². The van der Waals surface area contributed by atoms with E-state index in [1.54, 1.807) is 4.90 Å². The van der Waals surface area contributed by atoms with Crippen LogP contribution >= 0.6 is 0 Å². The number of anilines is 1. The van der Waals surface area contributed by atoms with E-state index in [1.807, 2.05) is 24.3 Å². The van der Waals surface area contributed by atoms with Crippen LogP contribution in [0.2, 0.25) is 0 Å². The summed E-state index contributed by atoms with van der Waals surface area (Å²) in [7, 11) is 1.51. The lowest BCUT2D eigenvalue weighted by molar-refractivity contribution is -0.143. The van der Waals surface area contributed by atoms with Crippen molar-refractivity contribution >= 4 is 17.5 Å².